The molecule has 0 fully saturated rings. The molecular weight excluding hydrogens is 267 g/mol. The van der Waals surface area contributed by atoms with E-state index in [2.05, 4.69) is 0 Å². The molecule has 5 heteroatoms. The predicted molar refractivity (Wildman–Crippen MR) is 71.0 cm³/mol. The molecule has 0 saturated carbocycles. The van der Waals surface area contributed by atoms with Crippen molar-refractivity contribution in [2.24, 2.45) is 0 Å². The molecule has 3 N–H and O–H groups in total. The number of halogens is 3. The van der Waals surface area contributed by atoms with Gasteiger partial charge in [-0.1, -0.05) is 30.3 Å². The van der Waals surface area contributed by atoms with E-state index in [1.54, 1.807) is 30.3 Å². The summed E-state index contributed by atoms with van der Waals surface area (Å²) < 4.78 is 37.8. The lowest BCUT2D eigenvalue weighted by molar-refractivity contribution is -0.137. The number of aliphatic hydroxyl groups is 1. The summed E-state index contributed by atoms with van der Waals surface area (Å²) in [6.45, 7) is 0. The molecule has 0 spiro atoms. The molecule has 0 amide bonds. The number of benzene rings is 2. The summed E-state index contributed by atoms with van der Waals surface area (Å²) in [5, 5.41) is 10.0. The molecule has 0 heterocycles. The van der Waals surface area contributed by atoms with Crippen LogP contribution in [0.1, 0.15) is 22.8 Å². The van der Waals surface area contributed by atoms with Gasteiger partial charge in [-0.05, 0) is 29.3 Å². The molecular formula is C15H14F3NO. The van der Waals surface area contributed by atoms with Gasteiger partial charge in [0.1, 0.15) is 0 Å². The number of nitrogen functional groups attached to an aromatic ring is 1. The van der Waals surface area contributed by atoms with Gasteiger partial charge in [-0.2, -0.15) is 13.2 Å². The Morgan fingerprint density at radius 3 is 2.30 bits per heavy atom. The van der Waals surface area contributed by atoms with Gasteiger partial charge in [0, 0.05) is 12.1 Å². The molecule has 1 unspecified atom stereocenters. The molecule has 20 heavy (non-hydrogen) atoms. The van der Waals surface area contributed by atoms with Crippen molar-refractivity contribution in [3.05, 3.63) is 65.2 Å². The van der Waals surface area contributed by atoms with Crippen molar-refractivity contribution in [3.8, 4) is 0 Å². The maximum atomic E-state index is 12.6. The summed E-state index contributed by atoms with van der Waals surface area (Å²) in [4.78, 5) is 0. The lowest BCUT2D eigenvalue weighted by Gasteiger charge is -2.13. The Balaban J connectivity index is 2.15. The van der Waals surface area contributed by atoms with Crippen molar-refractivity contribution in [1.29, 1.82) is 0 Å². The second-order valence-electron chi connectivity index (χ2n) is 4.58. The lowest BCUT2D eigenvalue weighted by atomic mass is 10.00. The van der Waals surface area contributed by atoms with Crippen LogP contribution in [0.5, 0.6) is 0 Å². The average molecular weight is 281 g/mol. The van der Waals surface area contributed by atoms with Crippen LogP contribution in [0.25, 0.3) is 0 Å². The summed E-state index contributed by atoms with van der Waals surface area (Å²) in [7, 11) is 0. The highest BCUT2D eigenvalue weighted by molar-refractivity contribution is 5.40. The molecule has 0 radical (unpaired) electrons. The summed E-state index contributed by atoms with van der Waals surface area (Å²) in [5.41, 5.74) is 6.46. The normalized spacial score (nSPS) is 13.2. The third kappa shape index (κ3) is 3.51. The van der Waals surface area contributed by atoms with Crippen molar-refractivity contribution in [2.45, 2.75) is 18.7 Å². The van der Waals surface area contributed by atoms with Gasteiger partial charge >= 0.3 is 6.18 Å². The number of nitrogens with two attached hydrogens (primary N) is 1. The fourth-order valence-corrected chi connectivity index (χ4v) is 1.93. The smallest absolute Gasteiger partial charge is 0.399 e. The van der Waals surface area contributed by atoms with Crippen LogP contribution in [-0.2, 0) is 12.6 Å². The van der Waals surface area contributed by atoms with Crippen LogP contribution < -0.4 is 5.73 Å². The second kappa shape index (κ2) is 5.54. The highest BCUT2D eigenvalue weighted by Gasteiger charge is 2.30. The number of aliphatic hydroxyl groups excluding tert-OH is 1. The summed E-state index contributed by atoms with van der Waals surface area (Å²) in [6.07, 6.45) is -5.12. The molecule has 0 bridgehead atoms. The molecule has 0 aliphatic heterocycles. The van der Waals surface area contributed by atoms with Gasteiger partial charge in [-0.3, -0.25) is 0 Å². The minimum Gasteiger partial charge on any atom is -0.399 e. The lowest BCUT2D eigenvalue weighted by Crippen LogP contribution is -2.07. The number of rotatable bonds is 3. The number of hydrogen-bond acceptors (Lipinski definition) is 2. The van der Waals surface area contributed by atoms with Gasteiger partial charge < -0.3 is 10.8 Å². The Labute approximate surface area is 114 Å². The zero-order valence-corrected chi connectivity index (χ0v) is 10.6. The van der Waals surface area contributed by atoms with Crippen LogP contribution in [0.15, 0.2) is 48.5 Å². The molecule has 2 aromatic rings. The van der Waals surface area contributed by atoms with Crippen LogP contribution in [-0.4, -0.2) is 5.11 Å². The fraction of sp³-hybridized carbons (Fsp3) is 0.200. The van der Waals surface area contributed by atoms with E-state index in [-0.39, 0.29) is 6.42 Å². The molecule has 2 rings (SSSR count). The number of anilines is 1. The van der Waals surface area contributed by atoms with Crippen molar-refractivity contribution in [3.63, 3.8) is 0 Å². The first-order chi connectivity index (χ1) is 9.36. The Morgan fingerprint density at radius 1 is 1.05 bits per heavy atom. The van der Waals surface area contributed by atoms with Crippen molar-refractivity contribution in [2.75, 3.05) is 5.73 Å². The number of alkyl halides is 3. The van der Waals surface area contributed by atoms with Gasteiger partial charge in [0.25, 0.3) is 0 Å². The molecule has 0 aliphatic rings. The van der Waals surface area contributed by atoms with Gasteiger partial charge in [-0.15, -0.1) is 0 Å². The predicted octanol–water partition coefficient (Wildman–Crippen LogP) is 3.56. The van der Waals surface area contributed by atoms with Crippen LogP contribution >= 0.6 is 0 Å². The van der Waals surface area contributed by atoms with Crippen molar-refractivity contribution < 1.29 is 18.3 Å². The third-order valence-corrected chi connectivity index (χ3v) is 3.00. The maximum absolute atomic E-state index is 12.6. The van der Waals surface area contributed by atoms with E-state index in [1.807, 2.05) is 0 Å². The summed E-state index contributed by atoms with van der Waals surface area (Å²) >= 11 is 0. The monoisotopic (exact) mass is 281 g/mol. The quantitative estimate of drug-likeness (QED) is 0.845. The van der Waals surface area contributed by atoms with Crippen LogP contribution in [0.3, 0.4) is 0 Å². The average Bonchev–Trinajstić information content (AvgIpc) is 2.38. The van der Waals surface area contributed by atoms with Crippen LogP contribution in [0.4, 0.5) is 18.9 Å². The SMILES string of the molecule is Nc1ccc(C(O)Cc2cccc(C(F)(F)F)c2)cc1. The van der Waals surface area contributed by atoms with Crippen molar-refractivity contribution >= 4 is 5.69 Å². The Bertz CT molecular complexity index is 578. The van der Waals surface area contributed by atoms with E-state index in [0.29, 0.717) is 16.8 Å². The first kappa shape index (κ1) is 14.4. The highest BCUT2D eigenvalue weighted by Crippen LogP contribution is 2.30. The van der Waals surface area contributed by atoms with E-state index in [4.69, 9.17) is 5.73 Å². The Kier molecular flexibility index (Phi) is 3.99. The number of hydrogen-bond donors (Lipinski definition) is 2. The van der Waals surface area contributed by atoms with E-state index in [9.17, 15) is 18.3 Å². The minimum absolute atomic E-state index is 0.119. The van der Waals surface area contributed by atoms with Gasteiger partial charge in [0.2, 0.25) is 0 Å². The first-order valence-corrected chi connectivity index (χ1v) is 6.06. The second-order valence-corrected chi connectivity index (χ2v) is 4.58. The van der Waals surface area contributed by atoms with Gasteiger partial charge in [0.05, 0.1) is 11.7 Å². The third-order valence-electron chi connectivity index (χ3n) is 3.00. The Morgan fingerprint density at radius 2 is 1.70 bits per heavy atom. The maximum Gasteiger partial charge on any atom is 0.416 e. The van der Waals surface area contributed by atoms with Crippen LogP contribution in [0.2, 0.25) is 0 Å². The summed E-state index contributed by atoms with van der Waals surface area (Å²) in [5.74, 6) is 0. The topological polar surface area (TPSA) is 46.2 Å². The summed E-state index contributed by atoms with van der Waals surface area (Å²) in [6, 6.07) is 11.6. The molecule has 106 valence electrons. The van der Waals surface area contributed by atoms with Gasteiger partial charge in [-0.25, -0.2) is 0 Å². The first-order valence-electron chi connectivity index (χ1n) is 6.06. The van der Waals surface area contributed by atoms with Gasteiger partial charge in [0.15, 0.2) is 0 Å². The van der Waals surface area contributed by atoms with E-state index >= 15 is 0 Å². The largest absolute Gasteiger partial charge is 0.416 e. The molecule has 2 aromatic carbocycles. The Hall–Kier alpha value is -2.01. The zero-order chi connectivity index (χ0) is 14.8. The molecule has 2 nitrogen and oxygen atoms in total. The van der Waals surface area contributed by atoms with Crippen LogP contribution in [0, 0.1) is 0 Å². The van der Waals surface area contributed by atoms with E-state index < -0.39 is 17.8 Å². The zero-order valence-electron chi connectivity index (χ0n) is 10.6. The standard InChI is InChI=1S/C15H14F3NO/c16-15(17,18)12-3-1-2-10(8-12)9-14(20)11-4-6-13(19)7-5-11/h1-8,14,20H,9,19H2. The molecule has 0 saturated heterocycles. The molecule has 1 atom stereocenters. The highest BCUT2D eigenvalue weighted by atomic mass is 19.4. The van der Waals surface area contributed by atoms with E-state index in [0.717, 1.165) is 12.1 Å². The molecule has 0 aromatic heterocycles. The minimum atomic E-state index is -4.37. The van der Waals surface area contributed by atoms with Crippen molar-refractivity contribution in [1.82, 2.24) is 0 Å². The van der Waals surface area contributed by atoms with E-state index in [1.165, 1.54) is 6.07 Å². The molecule has 0 aliphatic carbocycles. The fourth-order valence-electron chi connectivity index (χ4n) is 1.93.